The highest BCUT2D eigenvalue weighted by Crippen LogP contribution is 2.42. The maximum atomic E-state index is 5.59. The molecule has 0 aliphatic heterocycles. The molecule has 3 rings (SSSR count). The Hall–Kier alpha value is -1.12. The molecule has 1 fully saturated rings. The van der Waals surface area contributed by atoms with E-state index in [1.165, 1.54) is 12.8 Å². The van der Waals surface area contributed by atoms with Crippen LogP contribution >= 0.6 is 0 Å². The third-order valence-corrected chi connectivity index (χ3v) is 3.54. The molecule has 0 radical (unpaired) electrons. The largest absolute Gasteiger partial charge is 0.330 e. The number of allylic oxidation sites excluding steroid dienone is 6. The van der Waals surface area contributed by atoms with Gasteiger partial charge in [0.2, 0.25) is 0 Å². The summed E-state index contributed by atoms with van der Waals surface area (Å²) < 4.78 is 0. The predicted molar refractivity (Wildman–Crippen MR) is 80.0 cm³/mol. The van der Waals surface area contributed by atoms with Gasteiger partial charge in [-0.05, 0) is 43.6 Å². The van der Waals surface area contributed by atoms with Gasteiger partial charge in [-0.1, -0.05) is 42.5 Å². The van der Waals surface area contributed by atoms with Crippen molar-refractivity contribution in [3.05, 3.63) is 49.1 Å². The van der Waals surface area contributed by atoms with Crippen molar-refractivity contribution in [1.29, 1.82) is 0 Å². The first-order valence-electron chi connectivity index (χ1n) is 6.82. The van der Waals surface area contributed by atoms with Crippen LogP contribution in [-0.2, 0) is 0 Å². The number of hydrogen-bond acceptors (Lipinski definition) is 2. The molecule has 0 amide bonds. The van der Waals surface area contributed by atoms with Gasteiger partial charge in [-0.25, -0.2) is 0 Å². The molecule has 100 valence electrons. The van der Waals surface area contributed by atoms with Crippen LogP contribution in [0.3, 0.4) is 0 Å². The smallest absolute Gasteiger partial charge is 0.0104 e. The summed E-state index contributed by atoms with van der Waals surface area (Å²) in [6.45, 7) is 4.83. The molecule has 3 atom stereocenters. The van der Waals surface area contributed by atoms with Crippen molar-refractivity contribution < 1.29 is 0 Å². The molecule has 3 unspecified atom stereocenters. The average Bonchev–Trinajstić information content (AvgIpc) is 3.16. The molecule has 0 spiro atoms. The van der Waals surface area contributed by atoms with E-state index in [9.17, 15) is 0 Å². The lowest BCUT2D eigenvalue weighted by Gasteiger charge is -2.14. The van der Waals surface area contributed by atoms with Gasteiger partial charge in [0.05, 0.1) is 0 Å². The quantitative estimate of drug-likeness (QED) is 0.736. The summed E-state index contributed by atoms with van der Waals surface area (Å²) in [5.74, 6) is 2.56. The maximum Gasteiger partial charge on any atom is 0.0104 e. The van der Waals surface area contributed by atoms with Crippen molar-refractivity contribution in [2.75, 3.05) is 13.1 Å². The second-order valence-electron chi connectivity index (χ2n) is 4.89. The molecular weight excluding hydrogens is 220 g/mol. The van der Waals surface area contributed by atoms with Crippen LogP contribution in [0.5, 0.6) is 0 Å². The third kappa shape index (κ3) is 5.03. The van der Waals surface area contributed by atoms with E-state index in [-0.39, 0.29) is 0 Å². The summed E-state index contributed by atoms with van der Waals surface area (Å²) in [5.41, 5.74) is 10.5. The van der Waals surface area contributed by atoms with Crippen molar-refractivity contribution in [3.8, 4) is 0 Å². The Morgan fingerprint density at radius 3 is 2.00 bits per heavy atom. The highest BCUT2D eigenvalue weighted by atomic mass is 14.6. The Bertz CT molecular complexity index is 305. The lowest BCUT2D eigenvalue weighted by molar-refractivity contribution is 0.459. The van der Waals surface area contributed by atoms with E-state index in [4.69, 9.17) is 11.5 Å². The van der Waals surface area contributed by atoms with Crippen molar-refractivity contribution in [1.82, 2.24) is 0 Å². The van der Waals surface area contributed by atoms with Crippen molar-refractivity contribution in [2.45, 2.75) is 19.3 Å². The van der Waals surface area contributed by atoms with Gasteiger partial charge in [-0.3, -0.25) is 0 Å². The van der Waals surface area contributed by atoms with Crippen molar-refractivity contribution in [3.63, 3.8) is 0 Å². The second-order valence-corrected chi connectivity index (χ2v) is 4.89. The first kappa shape index (κ1) is 14.9. The molecule has 0 aromatic rings. The third-order valence-electron chi connectivity index (χ3n) is 3.54. The fourth-order valence-electron chi connectivity index (χ4n) is 2.56. The minimum absolute atomic E-state index is 0.583. The molecule has 0 aromatic carbocycles. The van der Waals surface area contributed by atoms with Gasteiger partial charge in [0.1, 0.15) is 0 Å². The SMILES string of the molecule is C1=CCC=C1.C=CCN.NCC1CC2C=CC1C2. The average molecular weight is 246 g/mol. The van der Waals surface area contributed by atoms with Crippen LogP contribution in [0.25, 0.3) is 0 Å². The Kier molecular flexibility index (Phi) is 7.38. The summed E-state index contributed by atoms with van der Waals surface area (Å²) >= 11 is 0. The monoisotopic (exact) mass is 246 g/mol. The fourth-order valence-corrected chi connectivity index (χ4v) is 2.56. The Morgan fingerprint density at radius 2 is 1.78 bits per heavy atom. The van der Waals surface area contributed by atoms with E-state index in [0.29, 0.717) is 6.54 Å². The number of fused-ring (bicyclic) bond motifs is 2. The summed E-state index contributed by atoms with van der Waals surface area (Å²) in [7, 11) is 0. The van der Waals surface area contributed by atoms with Crippen LogP contribution in [0, 0.1) is 17.8 Å². The van der Waals surface area contributed by atoms with Crippen molar-refractivity contribution in [2.24, 2.45) is 29.2 Å². The zero-order valence-corrected chi connectivity index (χ0v) is 11.2. The summed E-state index contributed by atoms with van der Waals surface area (Å²) in [6, 6.07) is 0. The Labute approximate surface area is 111 Å². The van der Waals surface area contributed by atoms with Crippen LogP contribution in [0.15, 0.2) is 49.1 Å². The van der Waals surface area contributed by atoms with Crippen LogP contribution in [0.1, 0.15) is 19.3 Å². The number of nitrogens with two attached hydrogens (primary N) is 2. The molecule has 0 aromatic heterocycles. The maximum absolute atomic E-state index is 5.59. The van der Waals surface area contributed by atoms with E-state index in [2.05, 4.69) is 43.0 Å². The molecule has 2 heteroatoms. The molecular formula is C16H26N2. The van der Waals surface area contributed by atoms with Crippen LogP contribution in [-0.4, -0.2) is 13.1 Å². The molecule has 2 nitrogen and oxygen atoms in total. The summed E-state index contributed by atoms with van der Waals surface area (Å²) in [5, 5.41) is 0. The Morgan fingerprint density at radius 1 is 1.11 bits per heavy atom. The van der Waals surface area contributed by atoms with E-state index < -0.39 is 0 Å². The molecule has 0 heterocycles. The van der Waals surface area contributed by atoms with E-state index >= 15 is 0 Å². The number of rotatable bonds is 2. The molecule has 1 saturated carbocycles. The normalized spacial score (nSPS) is 29.6. The minimum atomic E-state index is 0.583. The van der Waals surface area contributed by atoms with E-state index in [1.54, 1.807) is 6.08 Å². The molecule has 4 N–H and O–H groups in total. The molecule has 18 heavy (non-hydrogen) atoms. The zero-order chi connectivity index (χ0) is 13.2. The summed E-state index contributed by atoms with van der Waals surface area (Å²) in [4.78, 5) is 0. The van der Waals surface area contributed by atoms with Gasteiger partial charge in [-0.15, -0.1) is 6.58 Å². The van der Waals surface area contributed by atoms with Crippen LogP contribution in [0.2, 0.25) is 0 Å². The van der Waals surface area contributed by atoms with Crippen molar-refractivity contribution >= 4 is 0 Å². The first-order valence-corrected chi connectivity index (χ1v) is 6.82. The molecule has 3 aliphatic carbocycles. The van der Waals surface area contributed by atoms with Gasteiger partial charge in [0.15, 0.2) is 0 Å². The molecule has 2 bridgehead atoms. The molecule has 3 aliphatic rings. The van der Waals surface area contributed by atoms with Gasteiger partial charge in [0, 0.05) is 6.54 Å². The fraction of sp³-hybridized carbons (Fsp3) is 0.500. The Balaban J connectivity index is 0.000000154. The topological polar surface area (TPSA) is 52.0 Å². The summed E-state index contributed by atoms with van der Waals surface area (Å²) in [6.07, 6.45) is 18.6. The van der Waals surface area contributed by atoms with E-state index in [0.717, 1.165) is 30.7 Å². The number of hydrogen-bond donors (Lipinski definition) is 2. The molecule has 0 saturated heterocycles. The van der Waals surface area contributed by atoms with Gasteiger partial charge in [0.25, 0.3) is 0 Å². The highest BCUT2D eigenvalue weighted by Gasteiger charge is 2.34. The van der Waals surface area contributed by atoms with Gasteiger partial charge < -0.3 is 11.5 Å². The zero-order valence-electron chi connectivity index (χ0n) is 11.2. The van der Waals surface area contributed by atoms with Crippen LogP contribution in [0.4, 0.5) is 0 Å². The van der Waals surface area contributed by atoms with E-state index in [1.807, 2.05) is 0 Å². The lowest BCUT2D eigenvalue weighted by atomic mass is 9.94. The lowest BCUT2D eigenvalue weighted by Crippen LogP contribution is -2.17. The predicted octanol–water partition coefficient (Wildman–Crippen LogP) is 2.79. The first-order chi connectivity index (χ1) is 8.81. The minimum Gasteiger partial charge on any atom is -0.330 e. The van der Waals surface area contributed by atoms with Gasteiger partial charge in [-0.2, -0.15) is 0 Å². The van der Waals surface area contributed by atoms with Gasteiger partial charge >= 0.3 is 0 Å². The second kappa shape index (κ2) is 8.90. The van der Waals surface area contributed by atoms with Crippen LogP contribution < -0.4 is 11.5 Å². The standard InChI is InChI=1S/C8H13N.C5H6.C3H7N/c9-5-8-4-6-1-2-7(8)3-6;1-2-4-5-3-1;1-2-3-4/h1-2,6-8H,3-5,9H2;1-4H,5H2;2H,1,3-4H2. The highest BCUT2D eigenvalue weighted by molar-refractivity contribution is 5.12.